The maximum Gasteiger partial charge on any atom is 0.144 e. The van der Waals surface area contributed by atoms with Crippen molar-refractivity contribution in [3.63, 3.8) is 0 Å². The van der Waals surface area contributed by atoms with Crippen LogP contribution in [0.25, 0.3) is 0 Å². The summed E-state index contributed by atoms with van der Waals surface area (Å²) in [6.45, 7) is 0. The van der Waals surface area contributed by atoms with E-state index in [1.54, 1.807) is 25.2 Å². The number of rotatable bonds is 4. The van der Waals surface area contributed by atoms with Gasteiger partial charge in [0.2, 0.25) is 0 Å². The smallest absolute Gasteiger partial charge is 0.144 e. The Kier molecular flexibility index (Phi) is 4.43. The van der Waals surface area contributed by atoms with E-state index >= 15 is 0 Å². The van der Waals surface area contributed by atoms with Crippen molar-refractivity contribution in [1.82, 2.24) is 9.97 Å². The first kappa shape index (κ1) is 13.2. The number of nitrogens with zero attached hydrogens (tertiary/aromatic N) is 2. The molecule has 0 atom stereocenters. The van der Waals surface area contributed by atoms with Gasteiger partial charge in [-0.3, -0.25) is 0 Å². The van der Waals surface area contributed by atoms with Crippen molar-refractivity contribution in [3.05, 3.63) is 35.1 Å². The molecule has 1 heterocycles. The average Bonchev–Trinajstić information content (AvgIpc) is 2.41. The van der Waals surface area contributed by atoms with E-state index in [9.17, 15) is 0 Å². The molecule has 1 aromatic carbocycles. The lowest BCUT2D eigenvalue weighted by Gasteiger charge is -2.07. The van der Waals surface area contributed by atoms with Gasteiger partial charge in [0.15, 0.2) is 0 Å². The van der Waals surface area contributed by atoms with Gasteiger partial charge < -0.3 is 10.1 Å². The van der Waals surface area contributed by atoms with E-state index in [4.69, 9.17) is 4.74 Å². The summed E-state index contributed by atoms with van der Waals surface area (Å²) in [5, 5.41) is 3.87. The molecule has 0 amide bonds. The Morgan fingerprint density at radius 1 is 1.33 bits per heavy atom. The molecule has 0 saturated heterocycles. The first-order valence-corrected chi connectivity index (χ1v) is 6.85. The van der Waals surface area contributed by atoms with E-state index in [-0.39, 0.29) is 0 Å². The highest BCUT2D eigenvalue weighted by Gasteiger charge is 2.09. The lowest BCUT2D eigenvalue weighted by molar-refractivity contribution is 0.413. The topological polar surface area (TPSA) is 47.0 Å². The highest BCUT2D eigenvalue weighted by Crippen LogP contribution is 2.35. The van der Waals surface area contributed by atoms with E-state index in [2.05, 4.69) is 31.2 Å². The summed E-state index contributed by atoms with van der Waals surface area (Å²) in [6, 6.07) is 7.85. The Balaban J connectivity index is 2.28. The predicted octanol–water partition coefficient (Wildman–Crippen LogP) is 3.44. The molecule has 2 aromatic rings. The number of benzene rings is 1. The fourth-order valence-electron chi connectivity index (χ4n) is 1.38. The highest BCUT2D eigenvalue weighted by molar-refractivity contribution is 9.10. The number of aromatic nitrogens is 2. The fraction of sp³-hybridized carbons (Fsp3) is 0.167. The zero-order valence-electron chi connectivity index (χ0n) is 9.98. The van der Waals surface area contributed by atoms with Crippen LogP contribution in [0.15, 0.2) is 45.0 Å². The zero-order chi connectivity index (χ0) is 13.0. The minimum atomic E-state index is 0.774. The van der Waals surface area contributed by atoms with Crippen LogP contribution in [0.4, 0.5) is 5.82 Å². The predicted molar refractivity (Wildman–Crippen MR) is 76.4 cm³/mol. The van der Waals surface area contributed by atoms with Crippen molar-refractivity contribution in [3.8, 4) is 5.75 Å². The molecule has 0 aliphatic rings. The van der Waals surface area contributed by atoms with E-state index in [0.29, 0.717) is 0 Å². The molecule has 0 bridgehead atoms. The number of methoxy groups -OCH3 is 1. The monoisotopic (exact) mass is 325 g/mol. The first-order valence-electron chi connectivity index (χ1n) is 5.24. The molecule has 4 nitrogen and oxygen atoms in total. The van der Waals surface area contributed by atoms with E-state index < -0.39 is 0 Å². The van der Waals surface area contributed by atoms with Crippen molar-refractivity contribution in [2.45, 2.75) is 9.92 Å². The molecule has 18 heavy (non-hydrogen) atoms. The van der Waals surface area contributed by atoms with Crippen LogP contribution in [0.5, 0.6) is 5.75 Å². The third-order valence-electron chi connectivity index (χ3n) is 2.25. The number of hydrogen-bond donors (Lipinski definition) is 1. The first-order chi connectivity index (χ1) is 8.74. The van der Waals surface area contributed by atoms with Gasteiger partial charge in [-0.25, -0.2) is 9.97 Å². The van der Waals surface area contributed by atoms with Gasteiger partial charge in [0.05, 0.1) is 11.6 Å². The van der Waals surface area contributed by atoms with Gasteiger partial charge in [0.1, 0.15) is 22.9 Å². The van der Waals surface area contributed by atoms with Crippen LogP contribution in [-0.2, 0) is 0 Å². The van der Waals surface area contributed by atoms with Crippen LogP contribution in [0.3, 0.4) is 0 Å². The van der Waals surface area contributed by atoms with Crippen LogP contribution in [0.1, 0.15) is 0 Å². The Bertz CT molecular complexity index is 551. The molecule has 0 unspecified atom stereocenters. The van der Waals surface area contributed by atoms with Crippen LogP contribution < -0.4 is 10.1 Å². The van der Waals surface area contributed by atoms with Gasteiger partial charge in [-0.05, 0) is 34.1 Å². The number of anilines is 1. The largest absolute Gasteiger partial charge is 0.497 e. The number of ether oxygens (including phenoxy) is 1. The molecule has 0 aliphatic heterocycles. The van der Waals surface area contributed by atoms with Crippen molar-refractivity contribution in [1.29, 1.82) is 0 Å². The highest BCUT2D eigenvalue weighted by atomic mass is 79.9. The van der Waals surface area contributed by atoms with Crippen molar-refractivity contribution >= 4 is 33.5 Å². The van der Waals surface area contributed by atoms with Crippen LogP contribution in [-0.4, -0.2) is 24.1 Å². The van der Waals surface area contributed by atoms with Gasteiger partial charge in [-0.1, -0.05) is 17.8 Å². The summed E-state index contributed by atoms with van der Waals surface area (Å²) < 4.78 is 6.06. The van der Waals surface area contributed by atoms with Gasteiger partial charge in [-0.15, -0.1) is 0 Å². The second-order valence-electron chi connectivity index (χ2n) is 3.37. The third-order valence-corrected chi connectivity index (χ3v) is 4.26. The summed E-state index contributed by atoms with van der Waals surface area (Å²) in [4.78, 5) is 9.45. The van der Waals surface area contributed by atoms with Crippen LogP contribution >= 0.6 is 27.7 Å². The Hall–Kier alpha value is -1.27. The van der Waals surface area contributed by atoms with Crippen LogP contribution in [0, 0.1) is 0 Å². The molecule has 0 aliphatic carbocycles. The molecule has 2 rings (SSSR count). The maximum atomic E-state index is 5.20. The Morgan fingerprint density at radius 2 is 2.17 bits per heavy atom. The van der Waals surface area contributed by atoms with Gasteiger partial charge in [-0.2, -0.15) is 0 Å². The lowest BCUT2D eigenvalue weighted by Crippen LogP contribution is -1.96. The normalized spacial score (nSPS) is 10.2. The van der Waals surface area contributed by atoms with E-state index in [1.807, 2.05) is 31.3 Å². The number of hydrogen-bond acceptors (Lipinski definition) is 5. The van der Waals surface area contributed by atoms with Crippen molar-refractivity contribution in [2.24, 2.45) is 0 Å². The minimum Gasteiger partial charge on any atom is -0.497 e. The fourth-order valence-corrected chi connectivity index (χ4v) is 2.85. The van der Waals surface area contributed by atoms with Crippen LogP contribution in [0.2, 0.25) is 0 Å². The zero-order valence-corrected chi connectivity index (χ0v) is 12.4. The summed E-state index contributed by atoms with van der Waals surface area (Å²) >= 11 is 5.05. The summed E-state index contributed by atoms with van der Waals surface area (Å²) in [5.74, 6) is 1.61. The second kappa shape index (κ2) is 6.06. The molecule has 0 fully saturated rings. The number of nitrogens with one attached hydrogen (secondary N) is 1. The third kappa shape index (κ3) is 2.94. The van der Waals surface area contributed by atoms with Gasteiger partial charge in [0.25, 0.3) is 0 Å². The molecular formula is C12H12BrN3OS. The summed E-state index contributed by atoms with van der Waals surface area (Å²) in [7, 11) is 3.48. The second-order valence-corrected chi connectivity index (χ2v) is 5.23. The van der Waals surface area contributed by atoms with Crippen molar-refractivity contribution in [2.75, 3.05) is 19.5 Å². The minimum absolute atomic E-state index is 0.774. The van der Waals surface area contributed by atoms with Crippen molar-refractivity contribution < 1.29 is 4.74 Å². The van der Waals surface area contributed by atoms with Gasteiger partial charge >= 0.3 is 0 Å². The quantitative estimate of drug-likeness (QED) is 0.872. The molecule has 94 valence electrons. The Labute approximate surface area is 118 Å². The average molecular weight is 326 g/mol. The molecule has 1 aromatic heterocycles. The van der Waals surface area contributed by atoms with Gasteiger partial charge in [0, 0.05) is 11.9 Å². The molecule has 0 spiro atoms. The Morgan fingerprint density at radius 3 is 2.89 bits per heavy atom. The molecule has 1 N–H and O–H groups in total. The molecular weight excluding hydrogens is 314 g/mol. The summed E-state index contributed by atoms with van der Waals surface area (Å²) in [5.41, 5.74) is 0. The molecule has 0 saturated carbocycles. The standard InChI is InChI=1S/C12H12BrN3OS/c1-14-11-10(13)12(16-7-15-11)18-9-5-3-4-8(6-9)17-2/h3-7H,1-2H3,(H,14,15,16). The summed E-state index contributed by atoms with van der Waals surface area (Å²) in [6.07, 6.45) is 1.54. The molecule has 0 radical (unpaired) electrons. The molecule has 6 heteroatoms. The SMILES string of the molecule is CNc1ncnc(Sc2cccc(OC)c2)c1Br. The van der Waals surface area contributed by atoms with E-state index in [0.717, 1.165) is 26.0 Å². The van der Waals surface area contributed by atoms with E-state index in [1.165, 1.54) is 0 Å². The maximum absolute atomic E-state index is 5.20. The number of halogens is 1. The lowest BCUT2D eigenvalue weighted by atomic mass is 10.3.